The van der Waals surface area contributed by atoms with E-state index in [9.17, 15) is 4.79 Å². The van der Waals surface area contributed by atoms with Crippen LogP contribution >= 0.6 is 0 Å². The lowest BCUT2D eigenvalue weighted by molar-refractivity contribution is 0.136. The zero-order valence-corrected chi connectivity index (χ0v) is 10.8. The average Bonchev–Trinajstić information content (AvgIpc) is 2.81. The molecule has 0 aromatic heterocycles. The number of benzene rings is 1. The molecule has 1 atom stereocenters. The number of nitrogens with zero attached hydrogens (tertiary/aromatic N) is 1. The van der Waals surface area contributed by atoms with E-state index in [0.29, 0.717) is 19.2 Å². The first kappa shape index (κ1) is 12.9. The van der Waals surface area contributed by atoms with Gasteiger partial charge in [0.25, 0.3) is 0 Å². The highest BCUT2D eigenvalue weighted by Gasteiger charge is 2.21. The molecule has 0 spiro atoms. The number of hydrogen-bond donors (Lipinski definition) is 1. The van der Waals surface area contributed by atoms with E-state index in [1.165, 1.54) is 6.42 Å². The Hall–Kier alpha value is -1.55. The Kier molecular flexibility index (Phi) is 4.59. The first-order valence-corrected chi connectivity index (χ1v) is 6.40. The van der Waals surface area contributed by atoms with E-state index in [0.717, 1.165) is 18.5 Å². The molecule has 2 rings (SSSR count). The molecule has 1 N–H and O–H groups in total. The lowest BCUT2D eigenvalue weighted by Gasteiger charge is -2.19. The molecule has 1 amide bonds. The fourth-order valence-electron chi connectivity index (χ4n) is 2.21. The summed E-state index contributed by atoms with van der Waals surface area (Å²) in [6.07, 6.45) is 2.02. The van der Waals surface area contributed by atoms with Gasteiger partial charge in [0.15, 0.2) is 0 Å². The van der Waals surface area contributed by atoms with Crippen molar-refractivity contribution in [3.63, 3.8) is 0 Å². The summed E-state index contributed by atoms with van der Waals surface area (Å²) in [6, 6.07) is 10.2. The van der Waals surface area contributed by atoms with Crippen molar-refractivity contribution in [2.45, 2.75) is 25.5 Å². The van der Waals surface area contributed by atoms with Crippen LogP contribution in [0.25, 0.3) is 0 Å². The van der Waals surface area contributed by atoms with Gasteiger partial charge in [-0.15, -0.1) is 0 Å². The molecular formula is C14H20N2O2. The van der Waals surface area contributed by atoms with Crippen molar-refractivity contribution in [3.05, 3.63) is 35.9 Å². The molecule has 0 aliphatic carbocycles. The average molecular weight is 248 g/mol. The van der Waals surface area contributed by atoms with Gasteiger partial charge in [0.2, 0.25) is 0 Å². The van der Waals surface area contributed by atoms with Crippen LogP contribution in [0, 0.1) is 0 Å². The van der Waals surface area contributed by atoms with Gasteiger partial charge in [-0.1, -0.05) is 30.3 Å². The van der Waals surface area contributed by atoms with Crippen LogP contribution in [0.5, 0.6) is 0 Å². The number of alkyl carbamates (subject to hydrolysis) is 1. The SMILES string of the molecule is CN1CCC[C@H]1CNC(=O)OCc1ccccc1. The van der Waals surface area contributed by atoms with Gasteiger partial charge in [-0.05, 0) is 32.0 Å². The highest BCUT2D eigenvalue weighted by molar-refractivity contribution is 5.67. The number of hydrogen-bond acceptors (Lipinski definition) is 3. The van der Waals surface area contributed by atoms with Crippen LogP contribution in [0.4, 0.5) is 4.79 Å². The van der Waals surface area contributed by atoms with Crippen molar-refractivity contribution in [1.82, 2.24) is 10.2 Å². The molecule has 0 radical (unpaired) electrons. The molecule has 1 aliphatic heterocycles. The van der Waals surface area contributed by atoms with Crippen molar-refractivity contribution in [3.8, 4) is 0 Å². The second kappa shape index (κ2) is 6.40. The van der Waals surface area contributed by atoms with Crippen LogP contribution in [0.15, 0.2) is 30.3 Å². The molecule has 1 aliphatic rings. The second-order valence-corrected chi connectivity index (χ2v) is 4.72. The summed E-state index contributed by atoms with van der Waals surface area (Å²) in [5, 5.41) is 2.82. The minimum atomic E-state index is -0.334. The monoisotopic (exact) mass is 248 g/mol. The van der Waals surface area contributed by atoms with E-state index in [4.69, 9.17) is 4.74 Å². The van der Waals surface area contributed by atoms with Gasteiger partial charge in [-0.25, -0.2) is 4.79 Å². The Bertz CT molecular complexity index is 381. The third-order valence-electron chi connectivity index (χ3n) is 3.37. The normalized spacial score (nSPS) is 19.7. The predicted molar refractivity (Wildman–Crippen MR) is 70.3 cm³/mol. The van der Waals surface area contributed by atoms with Crippen LogP contribution in [0.3, 0.4) is 0 Å². The molecular weight excluding hydrogens is 228 g/mol. The van der Waals surface area contributed by atoms with E-state index in [1.54, 1.807) is 0 Å². The number of amides is 1. The molecule has 98 valence electrons. The van der Waals surface area contributed by atoms with Gasteiger partial charge in [0, 0.05) is 12.6 Å². The standard InChI is InChI=1S/C14H20N2O2/c1-16-9-5-8-13(16)10-15-14(17)18-11-12-6-3-2-4-7-12/h2-4,6-7,13H,5,8-11H2,1H3,(H,15,17)/t13-/m0/s1. The number of ether oxygens (including phenoxy) is 1. The van der Waals surface area contributed by atoms with Crippen LogP contribution in [-0.4, -0.2) is 37.2 Å². The third-order valence-corrected chi connectivity index (χ3v) is 3.37. The minimum absolute atomic E-state index is 0.327. The smallest absolute Gasteiger partial charge is 0.407 e. The number of rotatable bonds is 4. The largest absolute Gasteiger partial charge is 0.445 e. The first-order chi connectivity index (χ1) is 8.75. The van der Waals surface area contributed by atoms with Crippen molar-refractivity contribution < 1.29 is 9.53 Å². The number of nitrogens with one attached hydrogen (secondary N) is 1. The van der Waals surface area contributed by atoms with E-state index < -0.39 is 0 Å². The third kappa shape index (κ3) is 3.74. The van der Waals surface area contributed by atoms with Crippen LogP contribution in [-0.2, 0) is 11.3 Å². The highest BCUT2D eigenvalue weighted by Crippen LogP contribution is 2.13. The van der Waals surface area contributed by atoms with Crippen molar-refractivity contribution in [2.24, 2.45) is 0 Å². The van der Waals surface area contributed by atoms with Gasteiger partial charge < -0.3 is 15.0 Å². The summed E-state index contributed by atoms with van der Waals surface area (Å²) in [6.45, 7) is 2.11. The number of carbonyl (C=O) groups excluding carboxylic acids is 1. The van der Waals surface area contributed by atoms with Gasteiger partial charge in [-0.3, -0.25) is 0 Å². The molecule has 0 bridgehead atoms. The number of carbonyl (C=O) groups is 1. The topological polar surface area (TPSA) is 41.6 Å². The van der Waals surface area contributed by atoms with Crippen LogP contribution in [0.2, 0.25) is 0 Å². The van der Waals surface area contributed by atoms with Gasteiger partial charge in [0.1, 0.15) is 6.61 Å². The van der Waals surface area contributed by atoms with E-state index >= 15 is 0 Å². The molecule has 0 unspecified atom stereocenters. The fraction of sp³-hybridized carbons (Fsp3) is 0.500. The zero-order valence-electron chi connectivity index (χ0n) is 10.8. The molecule has 0 saturated carbocycles. The summed E-state index contributed by atoms with van der Waals surface area (Å²) in [5.74, 6) is 0. The van der Waals surface area contributed by atoms with Crippen molar-refractivity contribution >= 4 is 6.09 Å². The molecule has 4 nitrogen and oxygen atoms in total. The van der Waals surface area contributed by atoms with Crippen LogP contribution < -0.4 is 5.32 Å². The lowest BCUT2D eigenvalue weighted by atomic mass is 10.2. The van der Waals surface area contributed by atoms with E-state index in [-0.39, 0.29) is 6.09 Å². The molecule has 1 aromatic rings. The quantitative estimate of drug-likeness (QED) is 0.886. The molecule has 1 heterocycles. The zero-order chi connectivity index (χ0) is 12.8. The molecule has 4 heteroatoms. The Morgan fingerprint density at radius 3 is 2.89 bits per heavy atom. The number of likely N-dealkylation sites (tertiary alicyclic amines) is 1. The Morgan fingerprint density at radius 1 is 1.44 bits per heavy atom. The molecule has 1 aromatic carbocycles. The molecule has 18 heavy (non-hydrogen) atoms. The second-order valence-electron chi connectivity index (χ2n) is 4.72. The number of likely N-dealkylation sites (N-methyl/N-ethyl adjacent to an activating group) is 1. The van der Waals surface area contributed by atoms with E-state index in [2.05, 4.69) is 17.3 Å². The highest BCUT2D eigenvalue weighted by atomic mass is 16.5. The summed E-state index contributed by atoms with van der Waals surface area (Å²) in [4.78, 5) is 13.8. The maximum atomic E-state index is 11.5. The fourth-order valence-corrected chi connectivity index (χ4v) is 2.21. The van der Waals surface area contributed by atoms with Crippen molar-refractivity contribution in [1.29, 1.82) is 0 Å². The molecule has 1 saturated heterocycles. The summed E-state index contributed by atoms with van der Waals surface area (Å²) >= 11 is 0. The Labute approximate surface area is 108 Å². The summed E-state index contributed by atoms with van der Waals surface area (Å²) in [5.41, 5.74) is 1.01. The maximum Gasteiger partial charge on any atom is 0.407 e. The maximum absolute atomic E-state index is 11.5. The van der Waals surface area contributed by atoms with Gasteiger partial charge in [-0.2, -0.15) is 0 Å². The minimum Gasteiger partial charge on any atom is -0.445 e. The first-order valence-electron chi connectivity index (χ1n) is 6.40. The summed E-state index contributed by atoms with van der Waals surface area (Å²) in [7, 11) is 2.09. The lowest BCUT2D eigenvalue weighted by Crippen LogP contribution is -2.38. The predicted octanol–water partition coefficient (Wildman–Crippen LogP) is 2.01. The molecule has 1 fully saturated rings. The van der Waals surface area contributed by atoms with Crippen LogP contribution in [0.1, 0.15) is 18.4 Å². The van der Waals surface area contributed by atoms with E-state index in [1.807, 2.05) is 30.3 Å². The van der Waals surface area contributed by atoms with Gasteiger partial charge >= 0.3 is 6.09 Å². The van der Waals surface area contributed by atoms with Gasteiger partial charge in [0.05, 0.1) is 0 Å². The Balaban J connectivity index is 1.66. The Morgan fingerprint density at radius 2 is 2.22 bits per heavy atom. The van der Waals surface area contributed by atoms with Crippen molar-refractivity contribution in [2.75, 3.05) is 20.1 Å². The summed E-state index contributed by atoms with van der Waals surface area (Å²) < 4.78 is 5.15.